The molecule has 2 aromatic rings. The van der Waals surface area contributed by atoms with Crippen LogP contribution in [0.25, 0.3) is 0 Å². The van der Waals surface area contributed by atoms with Gasteiger partial charge in [-0.1, -0.05) is 36.4 Å². The topological polar surface area (TPSA) is 105 Å². The van der Waals surface area contributed by atoms with E-state index in [9.17, 15) is 19.7 Å². The highest BCUT2D eigenvalue weighted by Crippen LogP contribution is 2.18. The van der Waals surface area contributed by atoms with Crippen LogP contribution >= 0.6 is 0 Å². The molecule has 0 radical (unpaired) electrons. The number of nitrogens with one attached hydrogen (secondary N) is 2. The Morgan fingerprint density at radius 1 is 1.00 bits per heavy atom. The zero-order valence-electron chi connectivity index (χ0n) is 16.0. The SMILES string of the molecule is O=C(CN1CCC(NC(=O)Cc2ccccc2[N+](=O)[O-])CC1)Nc1ccccc1. The van der Waals surface area contributed by atoms with Crippen molar-refractivity contribution in [2.24, 2.45) is 0 Å². The number of nitro benzene ring substituents is 1. The number of carbonyl (C=O) groups excluding carboxylic acids is 2. The average Bonchev–Trinajstić information content (AvgIpc) is 2.70. The normalized spacial score (nSPS) is 14.9. The molecule has 2 N–H and O–H groups in total. The number of anilines is 1. The molecule has 29 heavy (non-hydrogen) atoms. The fraction of sp³-hybridized carbons (Fsp3) is 0.333. The number of carbonyl (C=O) groups is 2. The molecule has 1 saturated heterocycles. The van der Waals surface area contributed by atoms with Gasteiger partial charge in [-0.15, -0.1) is 0 Å². The Hall–Kier alpha value is -3.26. The van der Waals surface area contributed by atoms with Crippen LogP contribution in [0.2, 0.25) is 0 Å². The molecule has 1 aliphatic heterocycles. The molecule has 0 aliphatic carbocycles. The predicted molar refractivity (Wildman–Crippen MR) is 109 cm³/mol. The van der Waals surface area contributed by atoms with E-state index in [0.29, 0.717) is 25.2 Å². The van der Waals surface area contributed by atoms with E-state index in [1.807, 2.05) is 30.3 Å². The van der Waals surface area contributed by atoms with Gasteiger partial charge in [0.15, 0.2) is 0 Å². The summed E-state index contributed by atoms with van der Waals surface area (Å²) in [4.78, 5) is 37.1. The van der Waals surface area contributed by atoms with Gasteiger partial charge in [0.05, 0.1) is 17.9 Å². The third kappa shape index (κ3) is 6.11. The largest absolute Gasteiger partial charge is 0.353 e. The molecule has 0 saturated carbocycles. The van der Waals surface area contributed by atoms with Crippen molar-refractivity contribution in [3.63, 3.8) is 0 Å². The number of para-hydroxylation sites is 2. The van der Waals surface area contributed by atoms with E-state index in [4.69, 9.17) is 0 Å². The van der Waals surface area contributed by atoms with Gasteiger partial charge in [0.1, 0.15) is 0 Å². The summed E-state index contributed by atoms with van der Waals surface area (Å²) in [5.74, 6) is -0.283. The van der Waals surface area contributed by atoms with E-state index in [1.54, 1.807) is 18.2 Å². The molecule has 1 aliphatic rings. The monoisotopic (exact) mass is 396 g/mol. The van der Waals surface area contributed by atoms with Crippen LogP contribution in [0.3, 0.4) is 0 Å². The van der Waals surface area contributed by atoms with Crippen molar-refractivity contribution < 1.29 is 14.5 Å². The summed E-state index contributed by atoms with van der Waals surface area (Å²) in [5, 5.41) is 16.9. The molecule has 0 aromatic heterocycles. The molecule has 0 atom stereocenters. The van der Waals surface area contributed by atoms with Crippen molar-refractivity contribution in [1.29, 1.82) is 0 Å². The maximum absolute atomic E-state index is 12.3. The number of hydrogen-bond donors (Lipinski definition) is 2. The van der Waals surface area contributed by atoms with E-state index < -0.39 is 4.92 Å². The molecule has 1 fully saturated rings. The van der Waals surface area contributed by atoms with Gasteiger partial charge in [0, 0.05) is 36.4 Å². The lowest BCUT2D eigenvalue weighted by molar-refractivity contribution is -0.385. The van der Waals surface area contributed by atoms with Crippen molar-refractivity contribution in [3.05, 3.63) is 70.3 Å². The molecule has 152 valence electrons. The second kappa shape index (κ2) is 9.79. The zero-order valence-corrected chi connectivity index (χ0v) is 16.0. The van der Waals surface area contributed by atoms with Gasteiger partial charge < -0.3 is 10.6 Å². The van der Waals surface area contributed by atoms with Crippen LogP contribution in [0.15, 0.2) is 54.6 Å². The first-order chi connectivity index (χ1) is 14.0. The van der Waals surface area contributed by atoms with E-state index in [-0.39, 0.29) is 30.0 Å². The molecular formula is C21H24N4O4. The summed E-state index contributed by atoms with van der Waals surface area (Å²) in [6, 6.07) is 15.6. The number of piperidine rings is 1. The molecular weight excluding hydrogens is 372 g/mol. The Balaban J connectivity index is 1.42. The highest BCUT2D eigenvalue weighted by molar-refractivity contribution is 5.92. The summed E-state index contributed by atoms with van der Waals surface area (Å²) >= 11 is 0. The summed E-state index contributed by atoms with van der Waals surface area (Å²) in [6.07, 6.45) is 1.46. The van der Waals surface area contributed by atoms with E-state index >= 15 is 0 Å². The predicted octanol–water partition coefficient (Wildman–Crippen LogP) is 2.36. The molecule has 0 unspecified atom stereocenters. The number of amides is 2. The Morgan fingerprint density at radius 2 is 1.66 bits per heavy atom. The van der Waals surface area contributed by atoms with Crippen molar-refractivity contribution in [3.8, 4) is 0 Å². The minimum Gasteiger partial charge on any atom is -0.353 e. The molecule has 1 heterocycles. The molecule has 2 aromatic carbocycles. The Morgan fingerprint density at radius 3 is 2.34 bits per heavy atom. The summed E-state index contributed by atoms with van der Waals surface area (Å²) in [7, 11) is 0. The highest BCUT2D eigenvalue weighted by Gasteiger charge is 2.23. The third-order valence-corrected chi connectivity index (χ3v) is 4.92. The van der Waals surface area contributed by atoms with E-state index in [1.165, 1.54) is 6.07 Å². The number of benzene rings is 2. The lowest BCUT2D eigenvalue weighted by Crippen LogP contribution is -2.46. The first kappa shape index (κ1) is 20.5. The Bertz CT molecular complexity index is 864. The molecule has 8 nitrogen and oxygen atoms in total. The molecule has 0 bridgehead atoms. The number of nitro groups is 1. The van der Waals surface area contributed by atoms with Crippen LogP contribution in [-0.2, 0) is 16.0 Å². The Labute approximate surface area is 169 Å². The van der Waals surface area contributed by atoms with Crippen LogP contribution in [0.4, 0.5) is 11.4 Å². The average molecular weight is 396 g/mol. The second-order valence-electron chi connectivity index (χ2n) is 7.09. The van der Waals surface area contributed by atoms with Gasteiger partial charge >= 0.3 is 0 Å². The standard InChI is InChI=1S/C21H24N4O4/c26-20(14-16-6-4-5-9-19(16)25(28)29)22-18-10-12-24(13-11-18)15-21(27)23-17-7-2-1-3-8-17/h1-9,18H,10-15H2,(H,22,26)(H,23,27). The highest BCUT2D eigenvalue weighted by atomic mass is 16.6. The van der Waals surface area contributed by atoms with Crippen LogP contribution < -0.4 is 10.6 Å². The number of nitrogens with zero attached hydrogens (tertiary/aromatic N) is 2. The third-order valence-electron chi connectivity index (χ3n) is 4.92. The summed E-state index contributed by atoms with van der Waals surface area (Å²) < 4.78 is 0. The fourth-order valence-corrected chi connectivity index (χ4v) is 3.45. The smallest absolute Gasteiger partial charge is 0.273 e. The molecule has 8 heteroatoms. The maximum atomic E-state index is 12.3. The van der Waals surface area contributed by atoms with Crippen LogP contribution in [0.5, 0.6) is 0 Å². The van der Waals surface area contributed by atoms with Crippen LogP contribution in [0.1, 0.15) is 18.4 Å². The lowest BCUT2D eigenvalue weighted by Gasteiger charge is -2.31. The van der Waals surface area contributed by atoms with Crippen molar-refractivity contribution >= 4 is 23.2 Å². The quantitative estimate of drug-likeness (QED) is 0.552. The van der Waals surface area contributed by atoms with Crippen LogP contribution in [-0.4, -0.2) is 47.3 Å². The fourth-order valence-electron chi connectivity index (χ4n) is 3.45. The summed E-state index contributed by atoms with van der Waals surface area (Å²) in [5.41, 5.74) is 1.14. The zero-order chi connectivity index (χ0) is 20.6. The van der Waals surface area contributed by atoms with Crippen molar-refractivity contribution in [2.75, 3.05) is 25.0 Å². The van der Waals surface area contributed by atoms with Gasteiger partial charge in [-0.2, -0.15) is 0 Å². The number of likely N-dealkylation sites (tertiary alicyclic amines) is 1. The minimum absolute atomic E-state index is 0.0127. The first-order valence-corrected chi connectivity index (χ1v) is 9.60. The number of rotatable bonds is 7. The second-order valence-corrected chi connectivity index (χ2v) is 7.09. The molecule has 2 amide bonds. The minimum atomic E-state index is -0.471. The van der Waals surface area contributed by atoms with Gasteiger partial charge in [0.25, 0.3) is 5.69 Å². The maximum Gasteiger partial charge on any atom is 0.273 e. The van der Waals surface area contributed by atoms with Gasteiger partial charge in [-0.05, 0) is 25.0 Å². The molecule has 3 rings (SSSR count). The van der Waals surface area contributed by atoms with Gasteiger partial charge in [0.2, 0.25) is 11.8 Å². The van der Waals surface area contributed by atoms with E-state index in [0.717, 1.165) is 18.5 Å². The first-order valence-electron chi connectivity index (χ1n) is 9.60. The van der Waals surface area contributed by atoms with E-state index in [2.05, 4.69) is 15.5 Å². The Kier molecular flexibility index (Phi) is 6.91. The molecule has 0 spiro atoms. The number of hydrogen-bond acceptors (Lipinski definition) is 5. The lowest BCUT2D eigenvalue weighted by atomic mass is 10.0. The van der Waals surface area contributed by atoms with Gasteiger partial charge in [-0.3, -0.25) is 24.6 Å². The van der Waals surface area contributed by atoms with Crippen molar-refractivity contribution in [1.82, 2.24) is 10.2 Å². The van der Waals surface area contributed by atoms with Crippen molar-refractivity contribution in [2.45, 2.75) is 25.3 Å². The van der Waals surface area contributed by atoms with Gasteiger partial charge in [-0.25, -0.2) is 0 Å². The van der Waals surface area contributed by atoms with Crippen LogP contribution in [0, 0.1) is 10.1 Å². The summed E-state index contributed by atoms with van der Waals surface area (Å²) in [6.45, 7) is 1.73.